The van der Waals surface area contributed by atoms with E-state index in [0.29, 0.717) is 6.61 Å². The molecule has 0 amide bonds. The van der Waals surface area contributed by atoms with E-state index in [1.165, 1.54) is 38.5 Å². The van der Waals surface area contributed by atoms with Crippen molar-refractivity contribution in [3.8, 4) is 0 Å². The Bertz CT molecular complexity index is 225. The summed E-state index contributed by atoms with van der Waals surface area (Å²) in [6.45, 7) is 8.89. The Hall–Kier alpha value is -0.120. The van der Waals surface area contributed by atoms with E-state index >= 15 is 0 Å². The van der Waals surface area contributed by atoms with Crippen LogP contribution in [-0.2, 0) is 9.47 Å². The zero-order valence-electron chi connectivity index (χ0n) is 13.3. The molecular weight excluding hydrogens is 238 g/mol. The van der Waals surface area contributed by atoms with E-state index in [1.54, 1.807) is 0 Å². The van der Waals surface area contributed by atoms with Crippen molar-refractivity contribution in [1.82, 2.24) is 5.32 Å². The molecule has 3 heteroatoms. The van der Waals surface area contributed by atoms with Gasteiger partial charge in [-0.25, -0.2) is 0 Å². The lowest BCUT2D eigenvalue weighted by atomic mass is 9.77. The van der Waals surface area contributed by atoms with Crippen LogP contribution in [0.5, 0.6) is 0 Å². The van der Waals surface area contributed by atoms with Gasteiger partial charge in [-0.2, -0.15) is 0 Å². The molecule has 0 aliphatic heterocycles. The third kappa shape index (κ3) is 5.80. The zero-order valence-corrected chi connectivity index (χ0v) is 13.3. The normalized spacial score (nSPS) is 29.4. The summed E-state index contributed by atoms with van der Waals surface area (Å²) < 4.78 is 11.8. The second-order valence-corrected chi connectivity index (χ2v) is 6.03. The molecule has 0 heterocycles. The third-order valence-corrected chi connectivity index (χ3v) is 4.22. The summed E-state index contributed by atoms with van der Waals surface area (Å²) in [4.78, 5) is 0. The molecule has 1 saturated carbocycles. The van der Waals surface area contributed by atoms with Gasteiger partial charge in [-0.05, 0) is 52.5 Å². The summed E-state index contributed by atoms with van der Waals surface area (Å²) >= 11 is 0. The number of ether oxygens (including phenoxy) is 2. The van der Waals surface area contributed by atoms with Crippen molar-refractivity contribution in [3.05, 3.63) is 0 Å². The molecule has 1 fully saturated rings. The Morgan fingerprint density at radius 2 is 1.95 bits per heavy atom. The predicted octanol–water partition coefficient (Wildman–Crippen LogP) is 3.38. The Balaban J connectivity index is 2.46. The Morgan fingerprint density at radius 1 is 1.26 bits per heavy atom. The lowest BCUT2D eigenvalue weighted by Crippen LogP contribution is -2.47. The highest BCUT2D eigenvalue weighted by atomic mass is 16.5. The number of rotatable bonds is 9. The van der Waals surface area contributed by atoms with Crippen molar-refractivity contribution in [2.24, 2.45) is 5.92 Å². The lowest BCUT2D eigenvalue weighted by Gasteiger charge is -2.42. The smallest absolute Gasteiger partial charge is 0.0811 e. The first-order valence-corrected chi connectivity index (χ1v) is 8.06. The summed E-state index contributed by atoms with van der Waals surface area (Å²) in [6.07, 6.45) is 7.89. The number of nitrogens with one attached hydrogen (secondary N) is 1. The molecule has 0 spiro atoms. The maximum absolute atomic E-state index is 6.36. The van der Waals surface area contributed by atoms with Gasteiger partial charge < -0.3 is 14.8 Å². The van der Waals surface area contributed by atoms with E-state index in [-0.39, 0.29) is 11.7 Å². The topological polar surface area (TPSA) is 30.5 Å². The molecule has 1 N–H and O–H groups in total. The first-order chi connectivity index (χ1) is 9.15. The minimum absolute atomic E-state index is 0.0372. The first-order valence-electron chi connectivity index (χ1n) is 8.06. The average molecular weight is 271 g/mol. The molecule has 114 valence electrons. The van der Waals surface area contributed by atoms with Crippen LogP contribution >= 0.6 is 0 Å². The van der Waals surface area contributed by atoms with Crippen molar-refractivity contribution < 1.29 is 9.47 Å². The van der Waals surface area contributed by atoms with Crippen molar-refractivity contribution in [2.45, 2.75) is 71.0 Å². The largest absolute Gasteiger partial charge is 0.379 e. The van der Waals surface area contributed by atoms with Gasteiger partial charge in [0.05, 0.1) is 18.3 Å². The van der Waals surface area contributed by atoms with Gasteiger partial charge in [0.1, 0.15) is 0 Å². The van der Waals surface area contributed by atoms with Crippen LogP contribution in [0.2, 0.25) is 0 Å². The van der Waals surface area contributed by atoms with Gasteiger partial charge in [0.15, 0.2) is 0 Å². The van der Waals surface area contributed by atoms with Gasteiger partial charge in [0.2, 0.25) is 0 Å². The molecule has 0 saturated heterocycles. The van der Waals surface area contributed by atoms with Crippen molar-refractivity contribution >= 4 is 0 Å². The second kappa shape index (κ2) is 8.93. The van der Waals surface area contributed by atoms with E-state index in [4.69, 9.17) is 9.47 Å². The lowest BCUT2D eigenvalue weighted by molar-refractivity contribution is -0.130. The van der Waals surface area contributed by atoms with Crippen LogP contribution in [0.3, 0.4) is 0 Å². The molecule has 19 heavy (non-hydrogen) atoms. The maximum Gasteiger partial charge on any atom is 0.0811 e. The molecule has 0 bridgehead atoms. The summed E-state index contributed by atoms with van der Waals surface area (Å²) in [6, 6.07) is 0. The molecule has 0 aromatic heterocycles. The van der Waals surface area contributed by atoms with Gasteiger partial charge in [-0.3, -0.25) is 0 Å². The van der Waals surface area contributed by atoms with Crippen LogP contribution in [-0.4, -0.2) is 38.5 Å². The molecule has 0 aromatic carbocycles. The van der Waals surface area contributed by atoms with E-state index < -0.39 is 0 Å². The van der Waals surface area contributed by atoms with E-state index in [2.05, 4.69) is 19.2 Å². The summed E-state index contributed by atoms with van der Waals surface area (Å²) in [5.41, 5.74) is 0.0372. The van der Waals surface area contributed by atoms with E-state index in [1.807, 2.05) is 14.0 Å². The molecular formula is C16H33NO2. The number of hydrogen-bond donors (Lipinski definition) is 1. The maximum atomic E-state index is 6.36. The third-order valence-electron chi connectivity index (χ3n) is 4.22. The van der Waals surface area contributed by atoms with Crippen molar-refractivity contribution in [1.29, 1.82) is 0 Å². The molecule has 0 radical (unpaired) electrons. The van der Waals surface area contributed by atoms with Gasteiger partial charge in [0.25, 0.3) is 0 Å². The van der Waals surface area contributed by atoms with E-state index in [9.17, 15) is 0 Å². The molecule has 0 aromatic rings. The highest BCUT2D eigenvalue weighted by Crippen LogP contribution is 2.37. The van der Waals surface area contributed by atoms with E-state index in [0.717, 1.165) is 19.1 Å². The van der Waals surface area contributed by atoms with Crippen LogP contribution in [0.1, 0.15) is 59.3 Å². The SMILES string of the molecule is CCCC1CCC(CNC)(OC(C)COCC)CC1. The quantitative estimate of drug-likeness (QED) is 0.697. The van der Waals surface area contributed by atoms with Crippen LogP contribution in [0.15, 0.2) is 0 Å². The summed E-state index contributed by atoms with van der Waals surface area (Å²) in [7, 11) is 2.02. The fourth-order valence-electron chi connectivity index (χ4n) is 3.30. The minimum Gasteiger partial charge on any atom is -0.379 e. The minimum atomic E-state index is 0.0372. The molecule has 1 aliphatic rings. The Labute approximate surface area is 119 Å². The second-order valence-electron chi connectivity index (χ2n) is 6.03. The van der Waals surface area contributed by atoms with Crippen LogP contribution in [0.25, 0.3) is 0 Å². The summed E-state index contributed by atoms with van der Waals surface area (Å²) in [5.74, 6) is 0.917. The fourth-order valence-corrected chi connectivity index (χ4v) is 3.30. The van der Waals surface area contributed by atoms with Crippen molar-refractivity contribution in [2.75, 3.05) is 26.8 Å². The zero-order chi connectivity index (χ0) is 14.1. The van der Waals surface area contributed by atoms with Crippen LogP contribution in [0, 0.1) is 5.92 Å². The highest BCUT2D eigenvalue weighted by molar-refractivity contribution is 4.89. The molecule has 1 rings (SSSR count). The Kier molecular flexibility index (Phi) is 7.96. The number of likely N-dealkylation sites (N-methyl/N-ethyl adjacent to an activating group) is 1. The fraction of sp³-hybridized carbons (Fsp3) is 1.00. The average Bonchev–Trinajstić information content (AvgIpc) is 2.40. The highest BCUT2D eigenvalue weighted by Gasteiger charge is 2.36. The molecule has 1 aliphatic carbocycles. The van der Waals surface area contributed by atoms with Gasteiger partial charge in [-0.15, -0.1) is 0 Å². The number of hydrogen-bond acceptors (Lipinski definition) is 3. The standard InChI is InChI=1S/C16H33NO2/c1-5-7-15-8-10-16(11-9-15,13-17-4)19-14(3)12-18-6-2/h14-15,17H,5-13H2,1-4H3. The first kappa shape index (κ1) is 16.9. The predicted molar refractivity (Wildman–Crippen MR) is 80.6 cm³/mol. The van der Waals surface area contributed by atoms with Crippen LogP contribution < -0.4 is 5.32 Å². The monoisotopic (exact) mass is 271 g/mol. The molecule has 1 atom stereocenters. The van der Waals surface area contributed by atoms with Crippen molar-refractivity contribution in [3.63, 3.8) is 0 Å². The summed E-state index contributed by atoms with van der Waals surface area (Å²) in [5, 5.41) is 3.32. The van der Waals surface area contributed by atoms with Gasteiger partial charge in [-0.1, -0.05) is 19.8 Å². The van der Waals surface area contributed by atoms with Gasteiger partial charge in [0, 0.05) is 13.2 Å². The molecule has 1 unspecified atom stereocenters. The Morgan fingerprint density at radius 3 is 2.47 bits per heavy atom. The van der Waals surface area contributed by atoms with Gasteiger partial charge >= 0.3 is 0 Å². The molecule has 3 nitrogen and oxygen atoms in total. The van der Waals surface area contributed by atoms with Crippen LogP contribution in [0.4, 0.5) is 0 Å².